The molecule has 1 aliphatic heterocycles. The number of esters is 1. The Morgan fingerprint density at radius 2 is 1.93 bits per heavy atom. The molecule has 2 atom stereocenters. The monoisotopic (exact) mass is 456 g/mol. The van der Waals surface area contributed by atoms with Gasteiger partial charge in [0.05, 0.1) is 35.1 Å². The van der Waals surface area contributed by atoms with Crippen molar-refractivity contribution in [3.8, 4) is 11.3 Å². The molecule has 2 unspecified atom stereocenters. The molecule has 2 aromatic rings. The van der Waals surface area contributed by atoms with Crippen molar-refractivity contribution in [2.45, 2.75) is 31.8 Å². The fourth-order valence-electron chi connectivity index (χ4n) is 3.46. The highest BCUT2D eigenvalue weighted by molar-refractivity contribution is 7.91. The highest BCUT2D eigenvalue weighted by atomic mass is 35.5. The van der Waals surface area contributed by atoms with Crippen LogP contribution in [0.4, 0.5) is 4.39 Å². The van der Waals surface area contributed by atoms with E-state index in [-0.39, 0.29) is 24.7 Å². The smallest absolute Gasteiger partial charge is 0.339 e. The molecule has 162 valence electrons. The normalized spacial score (nSPS) is 20.1. The van der Waals surface area contributed by atoms with Gasteiger partial charge >= 0.3 is 5.97 Å². The van der Waals surface area contributed by atoms with Crippen LogP contribution >= 0.6 is 11.6 Å². The topological polar surface area (TPSA) is 94.5 Å². The Bertz CT molecular complexity index is 1070. The van der Waals surface area contributed by atoms with Gasteiger partial charge in [-0.15, -0.1) is 11.6 Å². The van der Waals surface area contributed by atoms with Crippen molar-refractivity contribution in [1.82, 2.24) is 9.88 Å². The second kappa shape index (κ2) is 8.77. The Kier molecular flexibility index (Phi) is 6.52. The van der Waals surface area contributed by atoms with E-state index in [4.69, 9.17) is 16.3 Å². The van der Waals surface area contributed by atoms with Crippen molar-refractivity contribution < 1.29 is 27.1 Å². The summed E-state index contributed by atoms with van der Waals surface area (Å²) in [4.78, 5) is 25.0. The first kappa shape index (κ1) is 22.3. The Morgan fingerprint density at radius 3 is 2.50 bits per heavy atom. The molecular formula is C20H22ClFN2O5S. The van der Waals surface area contributed by atoms with Gasteiger partial charge in [-0.05, 0) is 49.7 Å². The molecule has 1 N–H and O–H groups in total. The van der Waals surface area contributed by atoms with Crippen LogP contribution in [0.25, 0.3) is 11.3 Å². The first-order valence-corrected chi connectivity index (χ1v) is 11.6. The Hall–Kier alpha value is -2.39. The van der Waals surface area contributed by atoms with E-state index in [1.54, 1.807) is 36.6 Å². The number of carbonyl (C=O) groups is 2. The van der Waals surface area contributed by atoms with Crippen LogP contribution in [0.1, 0.15) is 23.0 Å². The van der Waals surface area contributed by atoms with Crippen LogP contribution in [-0.2, 0) is 25.9 Å². The zero-order chi connectivity index (χ0) is 22.1. The van der Waals surface area contributed by atoms with E-state index in [0.717, 1.165) is 0 Å². The molecule has 3 rings (SSSR count). The third kappa shape index (κ3) is 4.84. The lowest BCUT2D eigenvalue weighted by Gasteiger charge is -2.17. The van der Waals surface area contributed by atoms with Crippen molar-refractivity contribution in [3.63, 3.8) is 0 Å². The maximum absolute atomic E-state index is 13.3. The van der Waals surface area contributed by atoms with Gasteiger partial charge in [-0.3, -0.25) is 4.79 Å². The molecule has 0 bridgehead atoms. The molecule has 1 aromatic carbocycles. The van der Waals surface area contributed by atoms with Crippen molar-refractivity contribution in [2.75, 3.05) is 18.1 Å². The fourth-order valence-corrected chi connectivity index (χ4v) is 6.01. The lowest BCUT2D eigenvalue weighted by molar-refractivity contribution is -0.122. The van der Waals surface area contributed by atoms with Gasteiger partial charge in [-0.25, -0.2) is 17.6 Å². The second-order valence-corrected chi connectivity index (χ2v) is 9.82. The van der Waals surface area contributed by atoms with Crippen molar-refractivity contribution in [3.05, 3.63) is 47.4 Å². The summed E-state index contributed by atoms with van der Waals surface area (Å²) in [5, 5.41) is 1.97. The summed E-state index contributed by atoms with van der Waals surface area (Å²) >= 11 is 6.07. The van der Waals surface area contributed by atoms with Crippen LogP contribution in [0.15, 0.2) is 30.3 Å². The first-order chi connectivity index (χ1) is 14.1. The summed E-state index contributed by atoms with van der Waals surface area (Å²) in [6.07, 6.45) is 0. The third-order valence-electron chi connectivity index (χ3n) is 4.93. The average molecular weight is 457 g/mol. The van der Waals surface area contributed by atoms with E-state index in [9.17, 15) is 22.4 Å². The number of nitrogens with one attached hydrogen (secondary N) is 1. The molecular weight excluding hydrogens is 435 g/mol. The van der Waals surface area contributed by atoms with Crippen molar-refractivity contribution >= 4 is 33.3 Å². The number of ether oxygens (including phenoxy) is 1. The molecule has 30 heavy (non-hydrogen) atoms. The molecule has 0 saturated carbocycles. The van der Waals surface area contributed by atoms with Crippen LogP contribution < -0.4 is 5.32 Å². The molecule has 1 saturated heterocycles. The molecule has 1 aliphatic rings. The van der Waals surface area contributed by atoms with Gasteiger partial charge in [-0.1, -0.05) is 0 Å². The predicted octanol–water partition coefficient (Wildman–Crippen LogP) is 2.30. The SMILES string of the molecule is CCOC(=O)c1cc(-c2ccc(F)cc2)n(CC(=O)NC2CS(=O)(=O)CC2Cl)c1C. The quantitative estimate of drug-likeness (QED) is 0.531. The van der Waals surface area contributed by atoms with Crippen molar-refractivity contribution in [2.24, 2.45) is 0 Å². The van der Waals surface area contributed by atoms with Gasteiger partial charge in [0.25, 0.3) is 0 Å². The van der Waals surface area contributed by atoms with E-state index in [1.807, 2.05) is 0 Å². The lowest BCUT2D eigenvalue weighted by atomic mass is 10.1. The predicted molar refractivity (Wildman–Crippen MR) is 111 cm³/mol. The summed E-state index contributed by atoms with van der Waals surface area (Å²) in [6.45, 7) is 3.40. The number of hydrogen-bond donors (Lipinski definition) is 1. The first-order valence-electron chi connectivity index (χ1n) is 9.38. The third-order valence-corrected chi connectivity index (χ3v) is 7.31. The Morgan fingerprint density at radius 1 is 1.27 bits per heavy atom. The average Bonchev–Trinajstić information content (AvgIpc) is 3.11. The summed E-state index contributed by atoms with van der Waals surface area (Å²) in [6, 6.07) is 6.58. The van der Waals surface area contributed by atoms with Gasteiger partial charge in [0.1, 0.15) is 12.4 Å². The molecule has 1 amide bonds. The molecule has 0 radical (unpaired) electrons. The minimum Gasteiger partial charge on any atom is -0.462 e. The fraction of sp³-hybridized carbons (Fsp3) is 0.400. The highest BCUT2D eigenvalue weighted by Gasteiger charge is 2.37. The van der Waals surface area contributed by atoms with E-state index in [0.29, 0.717) is 22.5 Å². The molecule has 2 heterocycles. The van der Waals surface area contributed by atoms with Crippen LogP contribution in [-0.4, -0.2) is 54.4 Å². The van der Waals surface area contributed by atoms with Crippen LogP contribution in [0.5, 0.6) is 0 Å². The van der Waals surface area contributed by atoms with Gasteiger partial charge < -0.3 is 14.6 Å². The molecule has 0 aliphatic carbocycles. The van der Waals surface area contributed by atoms with E-state index in [1.165, 1.54) is 12.1 Å². The number of carbonyl (C=O) groups excluding carboxylic acids is 2. The number of sulfone groups is 1. The van der Waals surface area contributed by atoms with Gasteiger partial charge in [0.15, 0.2) is 9.84 Å². The van der Waals surface area contributed by atoms with Crippen LogP contribution in [0, 0.1) is 12.7 Å². The summed E-state index contributed by atoms with van der Waals surface area (Å²) in [7, 11) is -3.29. The van der Waals surface area contributed by atoms with Crippen molar-refractivity contribution in [1.29, 1.82) is 0 Å². The maximum atomic E-state index is 13.3. The van der Waals surface area contributed by atoms with Gasteiger partial charge in [0, 0.05) is 11.4 Å². The number of alkyl halides is 1. The zero-order valence-corrected chi connectivity index (χ0v) is 18.1. The molecule has 10 heteroatoms. The largest absolute Gasteiger partial charge is 0.462 e. The number of benzene rings is 1. The number of rotatable bonds is 6. The standard InChI is InChI=1S/C20H22ClFN2O5S/c1-3-29-20(26)15-8-18(13-4-6-14(22)7-5-13)24(12(15)2)9-19(25)23-17-11-30(27,28)10-16(17)21/h4-8,16-17H,3,9-11H2,1-2H3,(H,23,25). The Labute approximate surface area is 179 Å². The maximum Gasteiger partial charge on any atom is 0.339 e. The van der Waals surface area contributed by atoms with E-state index in [2.05, 4.69) is 5.32 Å². The number of amides is 1. The highest BCUT2D eigenvalue weighted by Crippen LogP contribution is 2.27. The number of halogens is 2. The second-order valence-electron chi connectivity index (χ2n) is 7.11. The Balaban J connectivity index is 1.91. The van der Waals surface area contributed by atoms with Gasteiger partial charge in [-0.2, -0.15) is 0 Å². The van der Waals surface area contributed by atoms with Crippen LogP contribution in [0.3, 0.4) is 0 Å². The lowest BCUT2D eigenvalue weighted by Crippen LogP contribution is -2.42. The zero-order valence-electron chi connectivity index (χ0n) is 16.5. The summed E-state index contributed by atoms with van der Waals surface area (Å²) < 4.78 is 43.5. The number of nitrogens with zero attached hydrogens (tertiary/aromatic N) is 1. The minimum absolute atomic E-state index is 0.169. The van der Waals surface area contributed by atoms with Crippen LogP contribution in [0.2, 0.25) is 0 Å². The number of hydrogen-bond acceptors (Lipinski definition) is 5. The number of aromatic nitrogens is 1. The molecule has 7 nitrogen and oxygen atoms in total. The minimum atomic E-state index is -3.29. The molecule has 1 aromatic heterocycles. The summed E-state index contributed by atoms with van der Waals surface area (Å²) in [5.41, 5.74) is 1.95. The van der Waals surface area contributed by atoms with E-state index < -0.39 is 38.9 Å². The van der Waals surface area contributed by atoms with E-state index >= 15 is 0 Å². The molecule has 1 fully saturated rings. The molecule has 0 spiro atoms. The van der Waals surface area contributed by atoms with Gasteiger partial charge in [0.2, 0.25) is 5.91 Å². The summed E-state index contributed by atoms with van der Waals surface area (Å²) in [5.74, 6) is -1.78.